The Hall–Kier alpha value is -1.99. The molecule has 0 fully saturated rings. The van der Waals surface area contributed by atoms with E-state index >= 15 is 0 Å². The Bertz CT molecular complexity index is 636. The molecule has 94 valence electrons. The average Bonchev–Trinajstić information content (AvgIpc) is 2.85. The van der Waals surface area contributed by atoms with E-state index in [0.29, 0.717) is 22.8 Å². The Kier molecular flexibility index (Phi) is 2.32. The fourth-order valence-corrected chi connectivity index (χ4v) is 2.18. The highest BCUT2D eigenvalue weighted by atomic mass is 16.3. The van der Waals surface area contributed by atoms with Crippen molar-refractivity contribution in [2.75, 3.05) is 5.73 Å². The van der Waals surface area contributed by atoms with Gasteiger partial charge in [0.25, 0.3) is 0 Å². The second-order valence-corrected chi connectivity index (χ2v) is 4.34. The van der Waals surface area contributed by atoms with E-state index in [4.69, 9.17) is 5.73 Å². The summed E-state index contributed by atoms with van der Waals surface area (Å²) in [6, 6.07) is -0.390. The average molecular weight is 247 g/mol. The van der Waals surface area contributed by atoms with Crippen LogP contribution in [0.15, 0.2) is 18.5 Å². The van der Waals surface area contributed by atoms with Crippen LogP contribution in [-0.4, -0.2) is 41.9 Å². The van der Waals surface area contributed by atoms with Crippen molar-refractivity contribution in [1.29, 1.82) is 0 Å². The monoisotopic (exact) mass is 247 g/mol. The highest BCUT2D eigenvalue weighted by molar-refractivity contribution is 5.81. The van der Waals surface area contributed by atoms with Gasteiger partial charge in [-0.2, -0.15) is 0 Å². The molecular formula is C11H13N5O2. The molecule has 0 aliphatic heterocycles. The van der Waals surface area contributed by atoms with Gasteiger partial charge in [0.05, 0.1) is 12.4 Å². The molecule has 2 heterocycles. The highest BCUT2D eigenvalue weighted by Gasteiger charge is 2.31. The van der Waals surface area contributed by atoms with E-state index in [9.17, 15) is 10.2 Å². The third kappa shape index (κ3) is 1.48. The van der Waals surface area contributed by atoms with Crippen LogP contribution in [-0.2, 0) is 0 Å². The Labute approximate surface area is 103 Å². The molecule has 7 nitrogen and oxygen atoms in total. The molecule has 2 aromatic heterocycles. The number of nitrogen functional groups attached to an aromatic ring is 1. The summed E-state index contributed by atoms with van der Waals surface area (Å²) in [6.07, 6.45) is 3.06. The lowest BCUT2D eigenvalue weighted by Crippen LogP contribution is -2.28. The Morgan fingerprint density at radius 1 is 1.28 bits per heavy atom. The molecule has 3 rings (SSSR count). The molecule has 0 spiro atoms. The molecule has 0 saturated heterocycles. The standard InChI is InChI=1S/C11H13N5O2/c1-5-14-10(12)8-11(15-5)16(4-13-8)6-2-3-7(17)9(6)18/h2-4,6-7,9,17-18H,1H3,(H2,12,14,15)/t6-,7-,9+/m1/s1. The van der Waals surface area contributed by atoms with Crippen LogP contribution in [0.5, 0.6) is 0 Å². The van der Waals surface area contributed by atoms with Gasteiger partial charge in [0.1, 0.15) is 23.5 Å². The maximum Gasteiger partial charge on any atom is 0.166 e. The van der Waals surface area contributed by atoms with E-state index in [0.717, 1.165) is 0 Å². The minimum atomic E-state index is -0.904. The van der Waals surface area contributed by atoms with Gasteiger partial charge in [0.15, 0.2) is 11.5 Å². The maximum absolute atomic E-state index is 9.89. The summed E-state index contributed by atoms with van der Waals surface area (Å²) < 4.78 is 1.69. The summed E-state index contributed by atoms with van der Waals surface area (Å²) in [5.41, 5.74) is 6.83. The molecule has 0 radical (unpaired) electrons. The number of aryl methyl sites for hydroxylation is 1. The van der Waals surface area contributed by atoms with Crippen LogP contribution < -0.4 is 5.73 Å². The van der Waals surface area contributed by atoms with Gasteiger partial charge < -0.3 is 20.5 Å². The summed E-state index contributed by atoms with van der Waals surface area (Å²) in [7, 11) is 0. The number of hydrogen-bond donors (Lipinski definition) is 3. The molecule has 0 aromatic carbocycles. The van der Waals surface area contributed by atoms with Crippen molar-refractivity contribution in [3.05, 3.63) is 24.3 Å². The van der Waals surface area contributed by atoms with E-state index < -0.39 is 18.2 Å². The van der Waals surface area contributed by atoms with Crippen LogP contribution in [0.3, 0.4) is 0 Å². The number of nitrogens with two attached hydrogens (primary N) is 1. The van der Waals surface area contributed by atoms with Gasteiger partial charge in [0, 0.05) is 0 Å². The number of fused-ring (bicyclic) bond motifs is 1. The smallest absolute Gasteiger partial charge is 0.166 e. The number of aliphatic hydroxyl groups is 2. The molecule has 1 aliphatic carbocycles. The SMILES string of the molecule is Cc1nc(N)c2ncn([C@@H]3C=C[C@@H](O)[C@H]3O)c2n1. The lowest BCUT2D eigenvalue weighted by molar-refractivity contribution is 0.0375. The number of aliphatic hydroxyl groups excluding tert-OH is 2. The number of hydrogen-bond acceptors (Lipinski definition) is 6. The van der Waals surface area contributed by atoms with Gasteiger partial charge in [-0.3, -0.25) is 0 Å². The molecule has 2 aromatic rings. The molecule has 0 amide bonds. The van der Waals surface area contributed by atoms with Crippen molar-refractivity contribution < 1.29 is 10.2 Å². The predicted octanol–water partition coefficient (Wildman–Crippen LogP) is -0.450. The number of imidazole rings is 1. The van der Waals surface area contributed by atoms with Crippen molar-refractivity contribution in [3.8, 4) is 0 Å². The fourth-order valence-electron chi connectivity index (χ4n) is 2.18. The summed E-state index contributed by atoms with van der Waals surface area (Å²) in [6.45, 7) is 1.74. The zero-order valence-electron chi connectivity index (χ0n) is 9.72. The lowest BCUT2D eigenvalue weighted by atomic mass is 10.2. The number of rotatable bonds is 1. The third-order valence-electron chi connectivity index (χ3n) is 3.09. The minimum absolute atomic E-state index is 0.313. The quantitative estimate of drug-likeness (QED) is 0.589. The summed E-state index contributed by atoms with van der Waals surface area (Å²) in [5, 5.41) is 19.4. The van der Waals surface area contributed by atoms with E-state index in [-0.39, 0.29) is 0 Å². The Balaban J connectivity index is 2.16. The molecule has 7 heteroatoms. The minimum Gasteiger partial charge on any atom is -0.388 e. The molecular weight excluding hydrogens is 234 g/mol. The van der Waals surface area contributed by atoms with Crippen molar-refractivity contribution in [2.45, 2.75) is 25.2 Å². The maximum atomic E-state index is 9.89. The van der Waals surface area contributed by atoms with Crippen LogP contribution in [0.25, 0.3) is 11.2 Å². The first-order chi connectivity index (χ1) is 8.58. The number of nitrogens with zero attached hydrogens (tertiary/aromatic N) is 4. The molecule has 3 atom stereocenters. The van der Waals surface area contributed by atoms with Crippen LogP contribution in [0.4, 0.5) is 5.82 Å². The lowest BCUT2D eigenvalue weighted by Gasteiger charge is -2.18. The molecule has 4 N–H and O–H groups in total. The summed E-state index contributed by atoms with van der Waals surface area (Å²) in [5.74, 6) is 0.854. The fraction of sp³-hybridized carbons (Fsp3) is 0.364. The second-order valence-electron chi connectivity index (χ2n) is 4.34. The zero-order chi connectivity index (χ0) is 12.9. The van der Waals surface area contributed by atoms with Gasteiger partial charge in [-0.05, 0) is 6.92 Å². The van der Waals surface area contributed by atoms with Gasteiger partial charge >= 0.3 is 0 Å². The molecule has 0 saturated carbocycles. The zero-order valence-corrected chi connectivity index (χ0v) is 9.72. The molecule has 0 unspecified atom stereocenters. The number of aromatic nitrogens is 4. The van der Waals surface area contributed by atoms with E-state index in [1.807, 2.05) is 0 Å². The second kappa shape index (κ2) is 3.76. The topological polar surface area (TPSA) is 110 Å². The van der Waals surface area contributed by atoms with Crippen molar-refractivity contribution in [3.63, 3.8) is 0 Å². The first-order valence-corrected chi connectivity index (χ1v) is 5.59. The Morgan fingerprint density at radius 3 is 2.72 bits per heavy atom. The molecule has 18 heavy (non-hydrogen) atoms. The van der Waals surface area contributed by atoms with Gasteiger partial charge in [-0.25, -0.2) is 15.0 Å². The van der Waals surface area contributed by atoms with Crippen molar-refractivity contribution in [2.24, 2.45) is 0 Å². The normalized spacial score (nSPS) is 27.2. The predicted molar refractivity (Wildman–Crippen MR) is 64.7 cm³/mol. The van der Waals surface area contributed by atoms with Crippen LogP contribution in [0, 0.1) is 6.92 Å². The first kappa shape index (κ1) is 11.1. The van der Waals surface area contributed by atoms with E-state index in [1.54, 1.807) is 30.0 Å². The third-order valence-corrected chi connectivity index (χ3v) is 3.09. The number of anilines is 1. The molecule has 0 bridgehead atoms. The summed E-state index contributed by atoms with van der Waals surface area (Å²) in [4.78, 5) is 12.5. The van der Waals surface area contributed by atoms with Gasteiger partial charge in [-0.15, -0.1) is 0 Å². The van der Waals surface area contributed by atoms with Crippen LogP contribution in [0.1, 0.15) is 11.9 Å². The van der Waals surface area contributed by atoms with Crippen molar-refractivity contribution in [1.82, 2.24) is 19.5 Å². The van der Waals surface area contributed by atoms with Crippen LogP contribution >= 0.6 is 0 Å². The van der Waals surface area contributed by atoms with Gasteiger partial charge in [-0.1, -0.05) is 12.2 Å². The summed E-state index contributed by atoms with van der Waals surface area (Å²) >= 11 is 0. The van der Waals surface area contributed by atoms with E-state index in [2.05, 4.69) is 15.0 Å². The van der Waals surface area contributed by atoms with E-state index in [1.165, 1.54) is 0 Å². The Morgan fingerprint density at radius 2 is 2.06 bits per heavy atom. The largest absolute Gasteiger partial charge is 0.388 e. The highest BCUT2D eigenvalue weighted by Crippen LogP contribution is 2.27. The molecule has 1 aliphatic rings. The van der Waals surface area contributed by atoms with Gasteiger partial charge in [0.2, 0.25) is 0 Å². The van der Waals surface area contributed by atoms with Crippen LogP contribution in [0.2, 0.25) is 0 Å². The van der Waals surface area contributed by atoms with Crippen molar-refractivity contribution >= 4 is 17.0 Å². The first-order valence-electron chi connectivity index (χ1n) is 5.59.